The molecule has 0 spiro atoms. The smallest absolute Gasteiger partial charge is 0.252 e. The Morgan fingerprint density at radius 2 is 1.72 bits per heavy atom. The Balaban J connectivity index is 1.50. The lowest BCUT2D eigenvalue weighted by Gasteiger charge is -2.08. The topological polar surface area (TPSA) is 44.9 Å². The first kappa shape index (κ1) is 19.6. The van der Waals surface area contributed by atoms with E-state index in [9.17, 15) is 9.18 Å². The minimum absolute atomic E-state index is 0.186. The summed E-state index contributed by atoms with van der Waals surface area (Å²) in [6, 6.07) is 21.5. The predicted octanol–water partition coefficient (Wildman–Crippen LogP) is 6.15. The first-order valence-corrected chi connectivity index (χ1v) is 10.5. The first-order chi connectivity index (χ1) is 14.1. The highest BCUT2D eigenvalue weighted by Crippen LogP contribution is 2.37. The molecule has 1 heterocycles. The number of thioether (sulfide) groups is 1. The summed E-state index contributed by atoms with van der Waals surface area (Å²) in [6.07, 6.45) is 0. The van der Waals surface area contributed by atoms with Gasteiger partial charge in [-0.2, -0.15) is 0 Å². The lowest BCUT2D eigenvalue weighted by Crippen LogP contribution is -2.25. The molecule has 29 heavy (non-hydrogen) atoms. The number of carbonyl (C=O) groups excluding carboxylic acids is 1. The van der Waals surface area contributed by atoms with Crippen LogP contribution in [0.1, 0.15) is 10.4 Å². The minimum atomic E-state index is -0.263. The highest BCUT2D eigenvalue weighted by Gasteiger charge is 2.14. The maximum atomic E-state index is 13.3. The molecule has 0 saturated heterocycles. The van der Waals surface area contributed by atoms with Gasteiger partial charge in [0.15, 0.2) is 0 Å². The number of rotatable bonds is 6. The van der Waals surface area contributed by atoms with E-state index >= 15 is 0 Å². The zero-order valence-electron chi connectivity index (χ0n) is 15.4. The lowest BCUT2D eigenvalue weighted by atomic mass is 10.1. The molecule has 3 aromatic carbocycles. The predicted molar refractivity (Wildman–Crippen MR) is 118 cm³/mol. The molecule has 0 aliphatic heterocycles. The Labute approximate surface area is 177 Å². The average Bonchev–Trinajstić information content (AvgIpc) is 3.10. The number of H-pyrrole nitrogens is 1. The monoisotopic (exact) mass is 424 g/mol. The van der Waals surface area contributed by atoms with Crippen molar-refractivity contribution >= 4 is 40.2 Å². The molecule has 0 unspecified atom stereocenters. The number of amides is 1. The summed E-state index contributed by atoms with van der Waals surface area (Å²) in [5, 5.41) is 4.46. The summed E-state index contributed by atoms with van der Waals surface area (Å²) >= 11 is 7.73. The molecule has 0 fully saturated rings. The number of carbonyl (C=O) groups is 1. The quantitative estimate of drug-likeness (QED) is 0.288. The van der Waals surface area contributed by atoms with Gasteiger partial charge < -0.3 is 10.3 Å². The molecule has 3 nitrogen and oxygen atoms in total. The average molecular weight is 425 g/mol. The molecule has 0 saturated carbocycles. The van der Waals surface area contributed by atoms with Crippen LogP contribution in [0.2, 0.25) is 5.02 Å². The molecule has 4 aromatic rings. The van der Waals surface area contributed by atoms with Gasteiger partial charge in [-0.1, -0.05) is 41.9 Å². The minimum Gasteiger partial charge on any atom is -0.354 e. The number of benzene rings is 3. The lowest BCUT2D eigenvalue weighted by molar-refractivity contribution is 0.0956. The number of hydrogen-bond donors (Lipinski definition) is 2. The van der Waals surface area contributed by atoms with Crippen LogP contribution in [-0.4, -0.2) is 23.2 Å². The second kappa shape index (κ2) is 8.72. The van der Waals surface area contributed by atoms with Gasteiger partial charge in [0, 0.05) is 28.1 Å². The van der Waals surface area contributed by atoms with Crippen LogP contribution in [0.4, 0.5) is 4.39 Å². The number of halogens is 2. The van der Waals surface area contributed by atoms with E-state index in [1.165, 1.54) is 12.1 Å². The molecule has 0 aliphatic carbocycles. The molecule has 4 rings (SSSR count). The van der Waals surface area contributed by atoms with Crippen LogP contribution in [-0.2, 0) is 0 Å². The number of aromatic nitrogens is 1. The van der Waals surface area contributed by atoms with Gasteiger partial charge in [0.25, 0.3) is 5.91 Å². The van der Waals surface area contributed by atoms with Gasteiger partial charge in [0.05, 0.1) is 16.3 Å². The molecule has 0 radical (unpaired) electrons. The second-order valence-corrected chi connectivity index (χ2v) is 7.98. The van der Waals surface area contributed by atoms with Gasteiger partial charge in [0.2, 0.25) is 0 Å². The molecule has 0 atom stereocenters. The normalized spacial score (nSPS) is 11.0. The van der Waals surface area contributed by atoms with Crippen molar-refractivity contribution in [1.29, 1.82) is 0 Å². The number of hydrogen-bond acceptors (Lipinski definition) is 2. The fourth-order valence-corrected chi connectivity index (χ4v) is 4.42. The Bertz CT molecular complexity index is 1160. The molecule has 1 amide bonds. The molecule has 0 aliphatic rings. The third kappa shape index (κ3) is 4.31. The number of aromatic amines is 1. The Morgan fingerprint density at radius 1 is 1.00 bits per heavy atom. The zero-order valence-corrected chi connectivity index (χ0v) is 17.0. The van der Waals surface area contributed by atoms with Crippen LogP contribution in [0.25, 0.3) is 22.2 Å². The molecule has 2 N–H and O–H groups in total. The van der Waals surface area contributed by atoms with E-state index in [2.05, 4.69) is 16.4 Å². The number of fused-ring (bicyclic) bond motifs is 1. The van der Waals surface area contributed by atoms with Crippen LogP contribution >= 0.6 is 23.4 Å². The van der Waals surface area contributed by atoms with E-state index in [1.54, 1.807) is 48.2 Å². The molecule has 6 heteroatoms. The van der Waals surface area contributed by atoms with Gasteiger partial charge in [-0.15, -0.1) is 11.8 Å². The fourth-order valence-electron chi connectivity index (χ4n) is 3.14. The van der Waals surface area contributed by atoms with Gasteiger partial charge in [-0.25, -0.2) is 4.39 Å². The van der Waals surface area contributed by atoms with Crippen LogP contribution in [0, 0.1) is 5.82 Å². The molecule has 0 bridgehead atoms. The number of para-hydroxylation sites is 1. The fraction of sp³-hybridized carbons (Fsp3) is 0.0870. The van der Waals surface area contributed by atoms with Crippen LogP contribution in [0.3, 0.4) is 0 Å². The Kier molecular flexibility index (Phi) is 5.88. The molecule has 1 aromatic heterocycles. The Morgan fingerprint density at radius 3 is 2.52 bits per heavy atom. The van der Waals surface area contributed by atoms with Crippen molar-refractivity contribution in [2.75, 3.05) is 12.3 Å². The maximum Gasteiger partial charge on any atom is 0.252 e. The third-order valence-electron chi connectivity index (χ3n) is 4.54. The van der Waals surface area contributed by atoms with E-state index < -0.39 is 0 Å². The van der Waals surface area contributed by atoms with E-state index in [0.717, 1.165) is 27.1 Å². The molecular formula is C23H18ClFN2OS. The highest BCUT2D eigenvalue weighted by atomic mass is 35.5. The molecule has 146 valence electrons. The largest absolute Gasteiger partial charge is 0.354 e. The summed E-state index contributed by atoms with van der Waals surface area (Å²) in [4.78, 5) is 16.8. The molecular weight excluding hydrogens is 407 g/mol. The SMILES string of the molecule is O=C(NCCSc1c(-c2ccc(F)cc2)[nH]c2ccccc12)c1ccccc1Cl. The van der Waals surface area contributed by atoms with E-state index in [4.69, 9.17) is 11.6 Å². The van der Waals surface area contributed by atoms with Gasteiger partial charge in [0.1, 0.15) is 5.82 Å². The summed E-state index contributed by atoms with van der Waals surface area (Å²) in [5.74, 6) is 0.238. The van der Waals surface area contributed by atoms with Crippen molar-refractivity contribution in [2.45, 2.75) is 4.90 Å². The van der Waals surface area contributed by atoms with Gasteiger partial charge in [-0.3, -0.25) is 4.79 Å². The van der Waals surface area contributed by atoms with Crippen molar-refractivity contribution in [2.24, 2.45) is 0 Å². The standard InChI is InChI=1S/C23H18ClFN2OS/c24-19-7-3-1-5-17(19)23(28)26-13-14-29-22-18-6-2-4-8-20(18)27-21(22)15-9-11-16(25)12-10-15/h1-12,27H,13-14H2,(H,26,28). The van der Waals surface area contributed by atoms with E-state index in [1.807, 2.05) is 18.2 Å². The summed E-state index contributed by atoms with van der Waals surface area (Å²) in [7, 11) is 0. The van der Waals surface area contributed by atoms with Gasteiger partial charge in [-0.05, 0) is 48.0 Å². The highest BCUT2D eigenvalue weighted by molar-refractivity contribution is 7.99. The van der Waals surface area contributed by atoms with Crippen molar-refractivity contribution in [1.82, 2.24) is 10.3 Å². The maximum absolute atomic E-state index is 13.3. The van der Waals surface area contributed by atoms with Crippen LogP contribution in [0.15, 0.2) is 77.7 Å². The first-order valence-electron chi connectivity index (χ1n) is 9.15. The third-order valence-corrected chi connectivity index (χ3v) is 5.99. The summed E-state index contributed by atoms with van der Waals surface area (Å²) in [5.41, 5.74) is 3.37. The summed E-state index contributed by atoms with van der Waals surface area (Å²) in [6.45, 7) is 0.497. The van der Waals surface area contributed by atoms with E-state index in [0.29, 0.717) is 22.9 Å². The van der Waals surface area contributed by atoms with Crippen LogP contribution in [0.5, 0.6) is 0 Å². The van der Waals surface area contributed by atoms with Crippen molar-refractivity contribution in [3.8, 4) is 11.3 Å². The zero-order chi connectivity index (χ0) is 20.2. The summed E-state index contributed by atoms with van der Waals surface area (Å²) < 4.78 is 13.3. The Hall–Kier alpha value is -2.76. The van der Waals surface area contributed by atoms with Crippen molar-refractivity contribution < 1.29 is 9.18 Å². The van der Waals surface area contributed by atoms with Crippen molar-refractivity contribution in [3.05, 3.63) is 89.2 Å². The number of nitrogens with one attached hydrogen (secondary N) is 2. The van der Waals surface area contributed by atoms with E-state index in [-0.39, 0.29) is 11.7 Å². The van der Waals surface area contributed by atoms with Crippen molar-refractivity contribution in [3.63, 3.8) is 0 Å². The second-order valence-electron chi connectivity index (χ2n) is 6.47. The van der Waals surface area contributed by atoms with Crippen LogP contribution < -0.4 is 5.32 Å². The van der Waals surface area contributed by atoms with Gasteiger partial charge >= 0.3 is 0 Å².